The van der Waals surface area contributed by atoms with Gasteiger partial charge in [0.25, 0.3) is 0 Å². The Hall–Kier alpha value is -3.40. The summed E-state index contributed by atoms with van der Waals surface area (Å²) in [5.74, 6) is -3.74. The van der Waals surface area contributed by atoms with Gasteiger partial charge in [0.2, 0.25) is 0 Å². The Bertz CT molecular complexity index is 613. The van der Waals surface area contributed by atoms with Gasteiger partial charge in [-0.25, -0.2) is 19.2 Å². The van der Waals surface area contributed by atoms with E-state index in [1.165, 1.54) is 27.7 Å². The van der Waals surface area contributed by atoms with Crippen LogP contribution in [0.4, 0.5) is 0 Å². The highest BCUT2D eigenvalue weighted by atomic mass is 16.4. The number of aliphatic carboxylic acids is 4. The molecule has 0 bridgehead atoms. The minimum absolute atomic E-state index is 0.176. The molecule has 0 aliphatic carbocycles. The highest BCUT2D eigenvalue weighted by Crippen LogP contribution is 2.11. The molecule has 0 saturated carbocycles. The molecule has 14 nitrogen and oxygen atoms in total. The molecular formula is C26H48O14. The van der Waals surface area contributed by atoms with Crippen LogP contribution in [0.1, 0.15) is 41.5 Å². The van der Waals surface area contributed by atoms with Crippen molar-refractivity contribution in [2.24, 2.45) is 10.8 Å². The molecule has 0 amide bonds. The van der Waals surface area contributed by atoms with Crippen LogP contribution in [0.3, 0.4) is 0 Å². The Morgan fingerprint density at radius 1 is 0.425 bits per heavy atom. The van der Waals surface area contributed by atoms with E-state index in [0.29, 0.717) is 0 Å². The van der Waals surface area contributed by atoms with Crippen molar-refractivity contribution in [2.45, 2.75) is 41.5 Å². The second-order valence-electron chi connectivity index (χ2n) is 8.91. The quantitative estimate of drug-likeness (QED) is 0.157. The molecule has 0 aliphatic heterocycles. The van der Waals surface area contributed by atoms with Gasteiger partial charge >= 0.3 is 23.9 Å². The zero-order valence-corrected chi connectivity index (χ0v) is 24.2. The molecule has 0 rings (SSSR count). The van der Waals surface area contributed by atoms with Crippen LogP contribution in [-0.4, -0.2) is 115 Å². The predicted molar refractivity (Wildman–Crippen MR) is 149 cm³/mol. The monoisotopic (exact) mass is 584 g/mol. The number of hydrogen-bond acceptors (Lipinski definition) is 10. The summed E-state index contributed by atoms with van der Waals surface area (Å²) < 4.78 is 0. The Morgan fingerprint density at radius 3 is 0.500 bits per heavy atom. The summed E-state index contributed by atoms with van der Waals surface area (Å²) in [5.41, 5.74) is -0.713. The van der Waals surface area contributed by atoms with E-state index in [4.69, 9.17) is 51.1 Å². The highest BCUT2D eigenvalue weighted by molar-refractivity contribution is 5.85. The molecule has 0 heterocycles. The lowest BCUT2D eigenvalue weighted by molar-refractivity contribution is -0.133. The average Bonchev–Trinajstić information content (AvgIpc) is 2.89. The van der Waals surface area contributed by atoms with Gasteiger partial charge in [-0.05, 0) is 27.7 Å². The van der Waals surface area contributed by atoms with Gasteiger partial charge in [-0.2, -0.15) is 0 Å². The second kappa shape index (κ2) is 28.6. The minimum atomic E-state index is -0.935. The van der Waals surface area contributed by atoms with E-state index >= 15 is 0 Å². The van der Waals surface area contributed by atoms with E-state index in [1.54, 1.807) is 13.8 Å². The van der Waals surface area contributed by atoms with E-state index < -0.39 is 34.7 Å². The number of carbonyl (C=O) groups is 4. The van der Waals surface area contributed by atoms with Crippen LogP contribution >= 0.6 is 0 Å². The Morgan fingerprint density at radius 2 is 0.500 bits per heavy atom. The second-order valence-corrected chi connectivity index (χ2v) is 8.91. The maximum Gasteiger partial charge on any atom is 0.330 e. The lowest BCUT2D eigenvalue weighted by Crippen LogP contribution is -2.29. The van der Waals surface area contributed by atoms with Crippen LogP contribution in [0, 0.1) is 10.8 Å². The van der Waals surface area contributed by atoms with Gasteiger partial charge in [0.1, 0.15) is 0 Å². The standard InChI is InChI=1S/2C5H12O3.4C4H6O2/c2*1-5(2-6,3-7)4-8;4*1-3(2)4(5)6/h2*6-8H,2-4H2,1H3;4*1H2,2H3,(H,5,6). The van der Waals surface area contributed by atoms with Crippen molar-refractivity contribution in [3.05, 3.63) is 48.6 Å². The number of carboxylic acid groups (broad SMARTS) is 4. The van der Waals surface area contributed by atoms with Crippen molar-refractivity contribution in [3.8, 4) is 0 Å². The molecule has 14 heteroatoms. The van der Waals surface area contributed by atoms with Gasteiger partial charge in [-0.1, -0.05) is 40.2 Å². The fraction of sp³-hybridized carbons (Fsp3) is 0.538. The molecule has 236 valence electrons. The van der Waals surface area contributed by atoms with Crippen molar-refractivity contribution in [1.82, 2.24) is 0 Å². The molecule has 0 aliphatic rings. The third-order valence-corrected chi connectivity index (χ3v) is 3.75. The Kier molecular flexibility index (Phi) is 35.4. The van der Waals surface area contributed by atoms with Gasteiger partial charge in [-0.3, -0.25) is 0 Å². The lowest BCUT2D eigenvalue weighted by atomic mass is 9.95. The summed E-state index contributed by atoms with van der Waals surface area (Å²) >= 11 is 0. The van der Waals surface area contributed by atoms with Gasteiger partial charge in [-0.15, -0.1) is 0 Å². The molecule has 40 heavy (non-hydrogen) atoms. The zero-order chi connectivity index (χ0) is 33.9. The Balaban J connectivity index is -0.0000000872. The highest BCUT2D eigenvalue weighted by Gasteiger charge is 2.20. The van der Waals surface area contributed by atoms with Gasteiger partial charge < -0.3 is 51.1 Å². The van der Waals surface area contributed by atoms with Crippen molar-refractivity contribution in [3.63, 3.8) is 0 Å². The van der Waals surface area contributed by atoms with Gasteiger partial charge in [0, 0.05) is 33.1 Å². The maximum absolute atomic E-state index is 9.60. The molecule has 0 fully saturated rings. The summed E-state index contributed by atoms with van der Waals surface area (Å²) in [5, 5.41) is 82.4. The molecule has 0 saturated heterocycles. The van der Waals surface area contributed by atoms with E-state index in [9.17, 15) is 19.2 Å². The van der Waals surface area contributed by atoms with E-state index in [2.05, 4.69) is 26.3 Å². The van der Waals surface area contributed by atoms with Crippen molar-refractivity contribution in [2.75, 3.05) is 39.6 Å². The molecule has 10 N–H and O–H groups in total. The first-order valence-corrected chi connectivity index (χ1v) is 11.1. The SMILES string of the molecule is C=C(C)C(=O)O.C=C(C)C(=O)O.C=C(C)C(=O)O.C=C(C)C(=O)O.CC(CO)(CO)CO.CC(CO)(CO)CO. The number of aliphatic hydroxyl groups is 6. The fourth-order valence-electron chi connectivity index (χ4n) is 0.300. The summed E-state index contributed by atoms with van der Waals surface area (Å²) in [6.07, 6.45) is 0. The number of carboxylic acids is 4. The Labute approximate surface area is 235 Å². The van der Waals surface area contributed by atoms with Gasteiger partial charge in [0.05, 0.1) is 39.6 Å². The number of aliphatic hydroxyl groups excluding tert-OH is 6. The molecule has 0 aromatic rings. The normalized spacial score (nSPS) is 9.30. The lowest BCUT2D eigenvalue weighted by Gasteiger charge is -2.20. The third kappa shape index (κ3) is 41.7. The minimum Gasteiger partial charge on any atom is -0.478 e. The van der Waals surface area contributed by atoms with Crippen LogP contribution in [0.15, 0.2) is 48.6 Å². The largest absolute Gasteiger partial charge is 0.478 e. The topological polar surface area (TPSA) is 271 Å². The average molecular weight is 585 g/mol. The summed E-state index contributed by atoms with van der Waals surface area (Å²) in [6.45, 7) is 20.5. The molecule has 0 aromatic heterocycles. The molecule has 0 radical (unpaired) electrons. The summed E-state index contributed by atoms with van der Waals surface area (Å²) in [7, 11) is 0. The molecule has 0 aromatic carbocycles. The first kappa shape index (κ1) is 49.5. The van der Waals surface area contributed by atoms with Crippen LogP contribution in [0.25, 0.3) is 0 Å². The zero-order valence-electron chi connectivity index (χ0n) is 24.2. The van der Waals surface area contributed by atoms with Crippen molar-refractivity contribution >= 4 is 23.9 Å². The predicted octanol–water partition coefficient (Wildman–Crippen LogP) is 0.528. The van der Waals surface area contributed by atoms with Crippen molar-refractivity contribution < 1.29 is 70.2 Å². The maximum atomic E-state index is 9.60. The van der Waals surface area contributed by atoms with E-state index in [0.717, 1.165) is 0 Å². The van der Waals surface area contributed by atoms with E-state index in [1.807, 2.05) is 0 Å². The first-order valence-electron chi connectivity index (χ1n) is 11.1. The number of hydrogen-bond donors (Lipinski definition) is 10. The summed E-state index contributed by atoms with van der Waals surface area (Å²) in [4.78, 5) is 38.4. The van der Waals surface area contributed by atoms with Crippen LogP contribution < -0.4 is 0 Å². The van der Waals surface area contributed by atoms with Crippen molar-refractivity contribution in [1.29, 1.82) is 0 Å². The first-order chi connectivity index (χ1) is 17.9. The van der Waals surface area contributed by atoms with Gasteiger partial charge in [0.15, 0.2) is 0 Å². The van der Waals surface area contributed by atoms with E-state index in [-0.39, 0.29) is 61.9 Å². The third-order valence-electron chi connectivity index (χ3n) is 3.75. The number of rotatable bonds is 10. The smallest absolute Gasteiger partial charge is 0.330 e. The molecule has 0 unspecified atom stereocenters. The summed E-state index contributed by atoms with van der Waals surface area (Å²) in [6, 6.07) is 0. The molecular weight excluding hydrogens is 536 g/mol. The molecule has 0 spiro atoms. The van der Waals surface area contributed by atoms with Crippen LogP contribution in [-0.2, 0) is 19.2 Å². The fourth-order valence-corrected chi connectivity index (χ4v) is 0.300. The van der Waals surface area contributed by atoms with Crippen LogP contribution in [0.5, 0.6) is 0 Å². The van der Waals surface area contributed by atoms with Crippen LogP contribution in [0.2, 0.25) is 0 Å². The molecule has 0 atom stereocenters.